The average molecular weight is 470 g/mol. The number of Topliss-reactive ketones (excluding diaryl/α,β-unsaturated/α-hetero) is 1. The topological polar surface area (TPSA) is 107 Å². The number of rotatable bonds is 8. The highest BCUT2D eigenvalue weighted by Crippen LogP contribution is 2.33. The number of benzene rings is 2. The third kappa shape index (κ3) is 5.65. The number of anilines is 2. The molecule has 0 atom stereocenters. The molecular weight excluding hydrogens is 450 g/mol. The zero-order valence-electron chi connectivity index (χ0n) is 17.0. The second-order valence-electron chi connectivity index (χ2n) is 6.87. The summed E-state index contributed by atoms with van der Waals surface area (Å²) in [6, 6.07) is 12.0. The van der Waals surface area contributed by atoms with E-state index in [4.69, 9.17) is 9.47 Å². The fraction of sp³-hybridized carbons (Fsp3) is 0.182. The summed E-state index contributed by atoms with van der Waals surface area (Å²) < 4.78 is 11.3. The molecule has 4 rings (SSSR count). The predicted molar refractivity (Wildman–Crippen MR) is 123 cm³/mol. The Labute approximate surface area is 192 Å². The molecule has 1 aromatic heterocycles. The quantitative estimate of drug-likeness (QED) is 0.379. The number of thioether (sulfide) groups is 1. The van der Waals surface area contributed by atoms with E-state index in [-0.39, 0.29) is 36.6 Å². The minimum absolute atomic E-state index is 0.0366. The zero-order valence-corrected chi connectivity index (χ0v) is 18.7. The van der Waals surface area contributed by atoms with Crippen LogP contribution in [-0.4, -0.2) is 35.1 Å². The van der Waals surface area contributed by atoms with Crippen molar-refractivity contribution in [2.75, 3.05) is 23.2 Å². The van der Waals surface area contributed by atoms with Gasteiger partial charge < -0.3 is 20.1 Å². The summed E-state index contributed by atoms with van der Waals surface area (Å²) in [6.07, 6.45) is 0.126. The molecule has 2 N–H and O–H groups in total. The third-order valence-electron chi connectivity index (χ3n) is 4.38. The van der Waals surface area contributed by atoms with Crippen LogP contribution in [0.5, 0.6) is 11.5 Å². The van der Waals surface area contributed by atoms with Gasteiger partial charge in [0.2, 0.25) is 18.6 Å². The van der Waals surface area contributed by atoms with E-state index in [0.717, 1.165) is 4.34 Å². The molecule has 0 radical (unpaired) electrons. The van der Waals surface area contributed by atoms with E-state index in [1.807, 2.05) is 5.38 Å². The largest absolute Gasteiger partial charge is 0.454 e. The smallest absolute Gasteiger partial charge is 0.231 e. The lowest BCUT2D eigenvalue weighted by atomic mass is 10.1. The first-order valence-electron chi connectivity index (χ1n) is 9.64. The molecule has 8 nitrogen and oxygen atoms in total. The number of hydrogen-bond donors (Lipinski definition) is 2. The molecule has 2 amide bonds. The van der Waals surface area contributed by atoms with Gasteiger partial charge in [-0.05, 0) is 42.5 Å². The predicted octanol–water partition coefficient (Wildman–Crippen LogP) is 3.99. The van der Waals surface area contributed by atoms with E-state index >= 15 is 0 Å². The van der Waals surface area contributed by atoms with Crippen LogP contribution >= 0.6 is 23.1 Å². The van der Waals surface area contributed by atoms with Gasteiger partial charge in [-0.1, -0.05) is 11.8 Å². The minimum Gasteiger partial charge on any atom is -0.454 e. The van der Waals surface area contributed by atoms with Crippen LogP contribution in [0.15, 0.2) is 52.2 Å². The highest BCUT2D eigenvalue weighted by molar-refractivity contribution is 8.01. The van der Waals surface area contributed by atoms with Crippen LogP contribution in [0.2, 0.25) is 0 Å². The zero-order chi connectivity index (χ0) is 22.5. The molecule has 32 heavy (non-hydrogen) atoms. The van der Waals surface area contributed by atoms with Crippen LogP contribution in [-0.2, 0) is 16.0 Å². The van der Waals surface area contributed by atoms with Crippen molar-refractivity contribution in [1.29, 1.82) is 0 Å². The molecule has 0 spiro atoms. The first-order chi connectivity index (χ1) is 15.5. The van der Waals surface area contributed by atoms with Gasteiger partial charge in [0.05, 0.1) is 17.9 Å². The maximum absolute atomic E-state index is 12.5. The highest BCUT2D eigenvalue weighted by Gasteiger charge is 2.17. The summed E-state index contributed by atoms with van der Waals surface area (Å²) in [5, 5.41) is 7.29. The van der Waals surface area contributed by atoms with E-state index in [9.17, 15) is 14.4 Å². The number of ketones is 1. The van der Waals surface area contributed by atoms with Crippen molar-refractivity contribution >= 4 is 52.1 Å². The number of hydrogen-bond acceptors (Lipinski definition) is 8. The second-order valence-corrected chi connectivity index (χ2v) is 8.95. The normalized spacial score (nSPS) is 11.8. The molecule has 164 valence electrons. The second kappa shape index (κ2) is 9.84. The third-order valence-corrected chi connectivity index (χ3v) is 6.45. The Bertz CT molecular complexity index is 1160. The number of carbonyl (C=O) groups is 3. The van der Waals surface area contributed by atoms with Crippen molar-refractivity contribution < 1.29 is 23.9 Å². The lowest BCUT2D eigenvalue weighted by Crippen LogP contribution is -2.14. The standard InChI is InChI=1S/C22H19N3O5S2/c1-13(26)23-15-3-5-16(6-4-15)24-21(28)9-17-10-31-22(25-17)32-11-18(27)14-2-7-19-20(8-14)30-12-29-19/h2-8,10H,9,11-12H2,1H3,(H,23,26)(H,24,28). The molecule has 2 aromatic carbocycles. The van der Waals surface area contributed by atoms with E-state index < -0.39 is 0 Å². The number of carbonyl (C=O) groups excluding carboxylic acids is 3. The fourth-order valence-corrected chi connectivity index (χ4v) is 4.67. The monoisotopic (exact) mass is 469 g/mol. The van der Waals surface area contributed by atoms with Gasteiger partial charge in [-0.2, -0.15) is 0 Å². The summed E-state index contributed by atoms with van der Waals surface area (Å²) in [6.45, 7) is 1.60. The number of ether oxygens (including phenoxy) is 2. The van der Waals surface area contributed by atoms with Crippen molar-refractivity contribution in [2.24, 2.45) is 0 Å². The molecule has 0 aliphatic carbocycles. The molecule has 2 heterocycles. The van der Waals surface area contributed by atoms with Crippen LogP contribution in [0.4, 0.5) is 11.4 Å². The summed E-state index contributed by atoms with van der Waals surface area (Å²) in [4.78, 5) is 40.3. The maximum Gasteiger partial charge on any atom is 0.231 e. The van der Waals surface area contributed by atoms with Crippen LogP contribution in [0.3, 0.4) is 0 Å². The van der Waals surface area contributed by atoms with Crippen LogP contribution in [0, 0.1) is 0 Å². The minimum atomic E-state index is -0.199. The van der Waals surface area contributed by atoms with Gasteiger partial charge in [0.15, 0.2) is 21.6 Å². The molecular formula is C22H19N3O5S2. The van der Waals surface area contributed by atoms with Gasteiger partial charge in [0.1, 0.15) is 0 Å². The number of nitrogens with one attached hydrogen (secondary N) is 2. The van der Waals surface area contributed by atoms with Gasteiger partial charge >= 0.3 is 0 Å². The van der Waals surface area contributed by atoms with E-state index in [2.05, 4.69) is 15.6 Å². The average Bonchev–Trinajstić information content (AvgIpc) is 3.41. The molecule has 0 bridgehead atoms. The Hall–Kier alpha value is -3.37. The van der Waals surface area contributed by atoms with Crippen LogP contribution in [0.25, 0.3) is 0 Å². The van der Waals surface area contributed by atoms with Crippen LogP contribution < -0.4 is 20.1 Å². The number of amides is 2. The lowest BCUT2D eigenvalue weighted by molar-refractivity contribution is -0.116. The van der Waals surface area contributed by atoms with Gasteiger partial charge in [-0.3, -0.25) is 14.4 Å². The van der Waals surface area contributed by atoms with E-state index in [0.29, 0.717) is 34.1 Å². The van der Waals surface area contributed by atoms with Gasteiger partial charge in [-0.15, -0.1) is 11.3 Å². The number of nitrogens with zero attached hydrogens (tertiary/aromatic N) is 1. The van der Waals surface area contributed by atoms with Crippen molar-refractivity contribution in [3.8, 4) is 11.5 Å². The Morgan fingerprint density at radius 3 is 2.50 bits per heavy atom. The molecule has 0 saturated heterocycles. The SMILES string of the molecule is CC(=O)Nc1ccc(NC(=O)Cc2csc(SCC(=O)c3ccc4c(c3)OCO4)n2)cc1. The van der Waals surface area contributed by atoms with Crippen molar-refractivity contribution in [2.45, 2.75) is 17.7 Å². The molecule has 3 aromatic rings. The van der Waals surface area contributed by atoms with Crippen molar-refractivity contribution in [3.63, 3.8) is 0 Å². The molecule has 0 unspecified atom stereocenters. The Kier molecular flexibility index (Phi) is 6.72. The summed E-state index contributed by atoms with van der Waals surface area (Å²) in [5.74, 6) is 1.06. The first-order valence-corrected chi connectivity index (χ1v) is 11.5. The molecule has 1 aliphatic heterocycles. The number of thiazole rings is 1. The van der Waals surface area contributed by atoms with Gasteiger partial charge in [0, 0.05) is 29.2 Å². The van der Waals surface area contributed by atoms with Crippen molar-refractivity contribution in [3.05, 3.63) is 59.1 Å². The Morgan fingerprint density at radius 2 is 1.75 bits per heavy atom. The number of aromatic nitrogens is 1. The molecule has 0 saturated carbocycles. The molecule has 10 heteroatoms. The summed E-state index contributed by atoms with van der Waals surface area (Å²) >= 11 is 2.73. The maximum atomic E-state index is 12.5. The molecule has 0 fully saturated rings. The van der Waals surface area contributed by atoms with Gasteiger partial charge in [-0.25, -0.2) is 4.98 Å². The Balaban J connectivity index is 1.26. The fourth-order valence-electron chi connectivity index (χ4n) is 2.93. The highest BCUT2D eigenvalue weighted by atomic mass is 32.2. The van der Waals surface area contributed by atoms with E-state index in [1.165, 1.54) is 30.0 Å². The number of fused-ring (bicyclic) bond motifs is 1. The van der Waals surface area contributed by atoms with Gasteiger partial charge in [0.25, 0.3) is 0 Å². The van der Waals surface area contributed by atoms with Crippen LogP contribution in [0.1, 0.15) is 23.0 Å². The Morgan fingerprint density at radius 1 is 1.03 bits per heavy atom. The first kappa shape index (κ1) is 21.8. The summed E-state index contributed by atoms with van der Waals surface area (Å²) in [5.41, 5.74) is 2.48. The lowest BCUT2D eigenvalue weighted by Gasteiger charge is -2.06. The molecule has 1 aliphatic rings. The van der Waals surface area contributed by atoms with E-state index in [1.54, 1.807) is 42.5 Å². The summed E-state index contributed by atoms with van der Waals surface area (Å²) in [7, 11) is 0. The van der Waals surface area contributed by atoms with Crippen molar-refractivity contribution in [1.82, 2.24) is 4.98 Å².